The summed E-state index contributed by atoms with van der Waals surface area (Å²) in [5.74, 6) is 0.431. The summed E-state index contributed by atoms with van der Waals surface area (Å²) >= 11 is 6.05. The van der Waals surface area contributed by atoms with E-state index in [1.165, 1.54) is 0 Å². The van der Waals surface area contributed by atoms with Crippen molar-refractivity contribution in [1.29, 1.82) is 0 Å². The molecule has 0 spiro atoms. The van der Waals surface area contributed by atoms with E-state index in [1.54, 1.807) is 34.9 Å². The minimum absolute atomic E-state index is 0.200. The lowest BCUT2D eigenvalue weighted by Crippen LogP contribution is -2.25. The van der Waals surface area contributed by atoms with Gasteiger partial charge in [0.15, 0.2) is 6.73 Å². The van der Waals surface area contributed by atoms with Gasteiger partial charge in [0.25, 0.3) is 5.91 Å². The van der Waals surface area contributed by atoms with Crippen LogP contribution in [0.5, 0.6) is 5.75 Å². The molecular formula is C22H20ClN5O2. The number of ether oxygens (including phenoxy) is 1. The number of halogens is 1. The third-order valence-corrected chi connectivity index (χ3v) is 4.94. The van der Waals surface area contributed by atoms with E-state index in [-0.39, 0.29) is 19.2 Å². The van der Waals surface area contributed by atoms with Crippen LogP contribution in [-0.2, 0) is 20.3 Å². The molecule has 0 unspecified atom stereocenters. The molecule has 2 aromatic carbocycles. The van der Waals surface area contributed by atoms with Gasteiger partial charge in [0.1, 0.15) is 11.4 Å². The van der Waals surface area contributed by atoms with Crippen molar-refractivity contribution >= 4 is 17.5 Å². The van der Waals surface area contributed by atoms with Gasteiger partial charge >= 0.3 is 0 Å². The number of nitrogens with one attached hydrogen (secondary N) is 1. The number of hydrogen-bond acceptors (Lipinski definition) is 4. The second-order valence-electron chi connectivity index (χ2n) is 6.65. The molecule has 7 nitrogen and oxygen atoms in total. The van der Waals surface area contributed by atoms with Crippen LogP contribution < -0.4 is 10.1 Å². The number of carbonyl (C=O) groups is 1. The maximum atomic E-state index is 12.3. The SMILES string of the molecule is Cn1ncc(Cl)c1CNC(=O)c1ccn(COc2ccc(-c3ccccc3)cc2)n1. The summed E-state index contributed by atoms with van der Waals surface area (Å²) in [7, 11) is 1.77. The molecule has 8 heteroatoms. The van der Waals surface area contributed by atoms with Gasteiger partial charge in [0.2, 0.25) is 0 Å². The van der Waals surface area contributed by atoms with Gasteiger partial charge in [-0.3, -0.25) is 9.48 Å². The molecule has 0 aliphatic carbocycles. The standard InChI is InChI=1S/C22H20ClN5O2/c1-27-21(19(23)13-25-27)14-24-22(29)20-11-12-28(26-20)15-30-18-9-7-17(8-10-18)16-5-3-2-4-6-16/h2-13H,14-15H2,1H3,(H,24,29). The highest BCUT2D eigenvalue weighted by atomic mass is 35.5. The average molecular weight is 422 g/mol. The molecule has 0 aliphatic heterocycles. The van der Waals surface area contributed by atoms with Gasteiger partial charge in [0.05, 0.1) is 23.5 Å². The minimum atomic E-state index is -0.293. The summed E-state index contributed by atoms with van der Waals surface area (Å²) in [6, 6.07) is 19.6. The summed E-state index contributed by atoms with van der Waals surface area (Å²) in [5.41, 5.74) is 3.30. The molecule has 2 aromatic heterocycles. The first kappa shape index (κ1) is 19.7. The van der Waals surface area contributed by atoms with Gasteiger partial charge < -0.3 is 10.1 Å². The van der Waals surface area contributed by atoms with E-state index in [1.807, 2.05) is 42.5 Å². The van der Waals surface area contributed by atoms with Crippen LogP contribution >= 0.6 is 11.6 Å². The molecule has 0 saturated carbocycles. The topological polar surface area (TPSA) is 74.0 Å². The summed E-state index contributed by atoms with van der Waals surface area (Å²) < 4.78 is 8.96. The van der Waals surface area contributed by atoms with Gasteiger partial charge in [-0.25, -0.2) is 4.68 Å². The van der Waals surface area contributed by atoms with E-state index in [9.17, 15) is 4.79 Å². The van der Waals surface area contributed by atoms with Crippen LogP contribution in [0, 0.1) is 0 Å². The van der Waals surface area contributed by atoms with Gasteiger partial charge in [-0.2, -0.15) is 10.2 Å². The van der Waals surface area contributed by atoms with Crippen molar-refractivity contribution in [3.8, 4) is 16.9 Å². The minimum Gasteiger partial charge on any atom is -0.471 e. The number of amides is 1. The van der Waals surface area contributed by atoms with Crippen LogP contribution in [-0.4, -0.2) is 25.5 Å². The molecule has 0 bridgehead atoms. The van der Waals surface area contributed by atoms with Crippen LogP contribution in [0.15, 0.2) is 73.1 Å². The van der Waals surface area contributed by atoms with Crippen molar-refractivity contribution in [3.63, 3.8) is 0 Å². The lowest BCUT2D eigenvalue weighted by atomic mass is 10.1. The summed E-state index contributed by atoms with van der Waals surface area (Å²) in [6.45, 7) is 0.469. The molecule has 30 heavy (non-hydrogen) atoms. The quantitative estimate of drug-likeness (QED) is 0.491. The zero-order valence-corrected chi connectivity index (χ0v) is 17.1. The largest absolute Gasteiger partial charge is 0.471 e. The number of benzene rings is 2. The van der Waals surface area contributed by atoms with E-state index < -0.39 is 0 Å². The molecule has 4 aromatic rings. The van der Waals surface area contributed by atoms with Gasteiger partial charge in [0, 0.05) is 13.2 Å². The molecule has 0 radical (unpaired) electrons. The van der Waals surface area contributed by atoms with Crippen LogP contribution in [0.1, 0.15) is 16.2 Å². The Hall–Kier alpha value is -3.58. The number of carbonyl (C=O) groups excluding carboxylic acids is 1. The third-order valence-electron chi connectivity index (χ3n) is 4.63. The fourth-order valence-electron chi connectivity index (χ4n) is 2.96. The highest BCUT2D eigenvalue weighted by molar-refractivity contribution is 6.31. The Kier molecular flexibility index (Phi) is 5.81. The molecule has 4 rings (SSSR count). The Labute approximate surface area is 178 Å². The fraction of sp³-hybridized carbons (Fsp3) is 0.136. The molecule has 152 valence electrons. The van der Waals surface area contributed by atoms with E-state index in [4.69, 9.17) is 16.3 Å². The first-order valence-corrected chi connectivity index (χ1v) is 9.74. The number of rotatable bonds is 7. The second kappa shape index (κ2) is 8.84. The molecule has 2 heterocycles. The van der Waals surface area contributed by atoms with Gasteiger partial charge in [-0.1, -0.05) is 54.1 Å². The van der Waals surface area contributed by atoms with E-state index >= 15 is 0 Å². The highest BCUT2D eigenvalue weighted by Crippen LogP contribution is 2.22. The van der Waals surface area contributed by atoms with Crippen molar-refractivity contribution in [2.24, 2.45) is 7.05 Å². The molecule has 1 N–H and O–H groups in total. The van der Waals surface area contributed by atoms with E-state index in [0.29, 0.717) is 10.7 Å². The number of aryl methyl sites for hydroxylation is 1. The van der Waals surface area contributed by atoms with Crippen LogP contribution in [0.4, 0.5) is 0 Å². The number of aromatic nitrogens is 4. The predicted octanol–water partition coefficient (Wildman–Crippen LogP) is 3.90. The zero-order valence-electron chi connectivity index (χ0n) is 16.3. The van der Waals surface area contributed by atoms with Crippen LogP contribution in [0.25, 0.3) is 11.1 Å². The molecule has 1 amide bonds. The van der Waals surface area contributed by atoms with E-state index in [2.05, 4.69) is 27.6 Å². The van der Waals surface area contributed by atoms with Gasteiger partial charge in [-0.05, 0) is 29.3 Å². The molecule has 0 fully saturated rings. The average Bonchev–Trinajstić information content (AvgIpc) is 3.38. The van der Waals surface area contributed by atoms with Crippen molar-refractivity contribution in [2.45, 2.75) is 13.3 Å². The number of hydrogen-bond donors (Lipinski definition) is 1. The predicted molar refractivity (Wildman–Crippen MR) is 114 cm³/mol. The first-order chi connectivity index (χ1) is 14.6. The normalized spacial score (nSPS) is 10.7. The Morgan fingerprint density at radius 2 is 1.80 bits per heavy atom. The van der Waals surface area contributed by atoms with Crippen molar-refractivity contribution in [3.05, 3.63) is 89.5 Å². The second-order valence-corrected chi connectivity index (χ2v) is 7.06. The summed E-state index contributed by atoms with van der Waals surface area (Å²) in [5, 5.41) is 11.6. The van der Waals surface area contributed by atoms with Crippen LogP contribution in [0.2, 0.25) is 5.02 Å². The molecule has 0 saturated heterocycles. The van der Waals surface area contributed by atoms with Crippen molar-refractivity contribution in [2.75, 3.05) is 0 Å². The Balaban J connectivity index is 1.31. The maximum Gasteiger partial charge on any atom is 0.272 e. The summed E-state index contributed by atoms with van der Waals surface area (Å²) in [4.78, 5) is 12.3. The lowest BCUT2D eigenvalue weighted by molar-refractivity contribution is 0.0943. The fourth-order valence-corrected chi connectivity index (χ4v) is 3.19. The molecule has 0 atom stereocenters. The van der Waals surface area contributed by atoms with Crippen LogP contribution in [0.3, 0.4) is 0 Å². The maximum absolute atomic E-state index is 12.3. The Morgan fingerprint density at radius 1 is 1.07 bits per heavy atom. The first-order valence-electron chi connectivity index (χ1n) is 9.36. The van der Waals surface area contributed by atoms with Crippen molar-refractivity contribution in [1.82, 2.24) is 24.9 Å². The highest BCUT2D eigenvalue weighted by Gasteiger charge is 2.12. The van der Waals surface area contributed by atoms with Gasteiger partial charge in [-0.15, -0.1) is 0 Å². The summed E-state index contributed by atoms with van der Waals surface area (Å²) in [6.07, 6.45) is 3.24. The Morgan fingerprint density at radius 3 is 2.50 bits per heavy atom. The Bertz CT molecular complexity index is 1120. The van der Waals surface area contributed by atoms with Crippen molar-refractivity contribution < 1.29 is 9.53 Å². The monoisotopic (exact) mass is 421 g/mol. The lowest BCUT2D eigenvalue weighted by Gasteiger charge is -2.08. The van der Waals surface area contributed by atoms with E-state index in [0.717, 1.165) is 22.6 Å². The molecular weight excluding hydrogens is 402 g/mol. The third kappa shape index (κ3) is 4.52. The smallest absolute Gasteiger partial charge is 0.272 e. The number of nitrogens with zero attached hydrogens (tertiary/aromatic N) is 4. The molecule has 0 aliphatic rings. The zero-order chi connectivity index (χ0) is 20.9.